The molecule has 1 aliphatic heterocycles. The quantitative estimate of drug-likeness (QED) is 0.189. The molecule has 0 bridgehead atoms. The molecule has 13 rings (SSSR count). The van der Waals surface area contributed by atoms with Crippen LogP contribution >= 0.6 is 0 Å². The topological polar surface area (TPSA) is 42.5 Å². The summed E-state index contributed by atoms with van der Waals surface area (Å²) in [4.78, 5) is 5.07. The van der Waals surface area contributed by atoms with Crippen LogP contribution in [0.1, 0.15) is 45.3 Å². The molecule has 2 aromatic heterocycles. The van der Waals surface area contributed by atoms with E-state index in [9.17, 15) is 0 Å². The van der Waals surface area contributed by atoms with Crippen LogP contribution in [0.5, 0.6) is 0 Å². The Morgan fingerprint density at radius 1 is 0.500 bits per heavy atom. The number of hydrogen-bond acceptors (Lipinski definition) is 3. The minimum atomic E-state index is -0.124. The summed E-state index contributed by atoms with van der Waals surface area (Å²) < 4.78 is 9.36. The van der Waals surface area contributed by atoms with E-state index in [2.05, 4.69) is 210 Å². The van der Waals surface area contributed by atoms with Gasteiger partial charge in [0.1, 0.15) is 11.4 Å². The maximum Gasteiger partial charge on any atom is 0.159 e. The Bertz CT molecular complexity index is 3600. The van der Waals surface area contributed by atoms with Crippen LogP contribution in [0.15, 0.2) is 216 Å². The molecule has 9 aromatic carbocycles. The van der Waals surface area contributed by atoms with Crippen LogP contribution in [0, 0.1) is 0 Å². The van der Waals surface area contributed by atoms with Crippen molar-refractivity contribution in [1.29, 1.82) is 0 Å². The molecule has 0 amide bonds. The van der Waals surface area contributed by atoms with E-state index >= 15 is 0 Å². The van der Waals surface area contributed by atoms with Gasteiger partial charge in [-0.05, 0) is 93.4 Å². The second kappa shape index (κ2) is 13.8. The Kier molecular flexibility index (Phi) is 7.76. The first-order chi connectivity index (χ1) is 30.7. The SMILES string of the molecule is c1ccc(C2=Nc3ccccc3C(c3cccc4oc5c(-n6c7ccccc7c7cc(-c8ccc9c(c8)-c8ccccc8C(c8ccccc8)C9)ccc76)cccc5c34)N2)cc1. The lowest BCUT2D eigenvalue weighted by Gasteiger charge is -2.29. The zero-order chi connectivity index (χ0) is 40.7. The van der Waals surface area contributed by atoms with Gasteiger partial charge in [0.05, 0.1) is 28.5 Å². The van der Waals surface area contributed by atoms with Crippen molar-refractivity contribution in [3.05, 3.63) is 240 Å². The lowest BCUT2D eigenvalue weighted by Crippen LogP contribution is -2.32. The number of nitrogens with zero attached hydrogens (tertiary/aromatic N) is 2. The fourth-order valence-electron chi connectivity index (χ4n) is 10.4. The number of nitrogens with one attached hydrogen (secondary N) is 1. The first-order valence-corrected chi connectivity index (χ1v) is 21.5. The fraction of sp³-hybridized carbons (Fsp3) is 0.0517. The van der Waals surface area contributed by atoms with Crippen LogP contribution in [0.2, 0.25) is 0 Å². The van der Waals surface area contributed by atoms with Gasteiger partial charge in [0.2, 0.25) is 0 Å². The summed E-state index contributed by atoms with van der Waals surface area (Å²) in [5.74, 6) is 1.21. The van der Waals surface area contributed by atoms with Gasteiger partial charge in [-0.25, -0.2) is 4.99 Å². The minimum Gasteiger partial charge on any atom is -0.454 e. The monoisotopic (exact) mass is 793 g/mol. The van der Waals surface area contributed by atoms with Gasteiger partial charge >= 0.3 is 0 Å². The van der Waals surface area contributed by atoms with E-state index in [1.807, 2.05) is 6.07 Å². The zero-order valence-corrected chi connectivity index (χ0v) is 33.8. The van der Waals surface area contributed by atoms with Gasteiger partial charge in [-0.1, -0.05) is 164 Å². The van der Waals surface area contributed by atoms with E-state index in [-0.39, 0.29) is 6.04 Å². The third-order valence-electron chi connectivity index (χ3n) is 13.3. The van der Waals surface area contributed by atoms with Crippen molar-refractivity contribution in [3.8, 4) is 27.9 Å². The highest BCUT2D eigenvalue weighted by Crippen LogP contribution is 2.46. The molecule has 0 radical (unpaired) electrons. The van der Waals surface area contributed by atoms with Crippen molar-refractivity contribution in [3.63, 3.8) is 0 Å². The molecule has 2 aliphatic rings. The van der Waals surface area contributed by atoms with Crippen molar-refractivity contribution in [1.82, 2.24) is 9.88 Å². The molecule has 0 fully saturated rings. The van der Waals surface area contributed by atoms with E-state index in [0.717, 1.165) is 73.3 Å². The molecule has 2 unspecified atom stereocenters. The Balaban J connectivity index is 0.939. The van der Waals surface area contributed by atoms with Crippen LogP contribution < -0.4 is 5.32 Å². The molecule has 4 heteroatoms. The Morgan fingerprint density at radius 3 is 2.10 bits per heavy atom. The predicted molar refractivity (Wildman–Crippen MR) is 255 cm³/mol. The van der Waals surface area contributed by atoms with E-state index in [1.54, 1.807) is 0 Å². The number of benzene rings is 9. The zero-order valence-electron chi connectivity index (χ0n) is 33.8. The number of aromatic nitrogens is 1. The van der Waals surface area contributed by atoms with E-state index in [4.69, 9.17) is 9.41 Å². The van der Waals surface area contributed by atoms with Gasteiger partial charge < -0.3 is 14.3 Å². The number of aliphatic imine (C=N–C) groups is 1. The minimum absolute atomic E-state index is 0.124. The van der Waals surface area contributed by atoms with E-state index in [1.165, 1.54) is 49.7 Å². The highest BCUT2D eigenvalue weighted by molar-refractivity contribution is 6.14. The van der Waals surface area contributed by atoms with Crippen LogP contribution in [-0.4, -0.2) is 10.4 Å². The second-order valence-corrected chi connectivity index (χ2v) is 16.6. The molecule has 3 heterocycles. The fourth-order valence-corrected chi connectivity index (χ4v) is 10.4. The summed E-state index contributed by atoms with van der Waals surface area (Å²) in [6.45, 7) is 0. The highest BCUT2D eigenvalue weighted by Gasteiger charge is 2.29. The number of amidine groups is 1. The maximum atomic E-state index is 6.97. The van der Waals surface area contributed by atoms with Gasteiger partial charge in [-0.2, -0.15) is 0 Å². The number of para-hydroxylation sites is 3. The summed E-state index contributed by atoms with van der Waals surface area (Å²) >= 11 is 0. The normalized spacial score (nSPS) is 15.6. The Hall–Kier alpha value is -7.95. The first kappa shape index (κ1) is 34.9. The molecule has 2 atom stereocenters. The molecule has 1 N–H and O–H groups in total. The molecule has 0 saturated carbocycles. The Labute approximate surface area is 359 Å². The average molecular weight is 794 g/mol. The van der Waals surface area contributed by atoms with Gasteiger partial charge in [0.25, 0.3) is 0 Å². The predicted octanol–water partition coefficient (Wildman–Crippen LogP) is 14.5. The average Bonchev–Trinajstić information content (AvgIpc) is 3.90. The van der Waals surface area contributed by atoms with Crippen molar-refractivity contribution in [2.45, 2.75) is 18.4 Å². The van der Waals surface area contributed by atoms with Crippen molar-refractivity contribution < 1.29 is 4.42 Å². The third-order valence-corrected chi connectivity index (χ3v) is 13.3. The van der Waals surface area contributed by atoms with Crippen molar-refractivity contribution >= 4 is 55.3 Å². The van der Waals surface area contributed by atoms with Crippen molar-refractivity contribution in [2.75, 3.05) is 0 Å². The van der Waals surface area contributed by atoms with Gasteiger partial charge in [-0.15, -0.1) is 0 Å². The largest absolute Gasteiger partial charge is 0.454 e. The Morgan fingerprint density at radius 2 is 1.19 bits per heavy atom. The summed E-state index contributed by atoms with van der Waals surface area (Å²) in [5, 5.41) is 8.45. The molecule has 1 aliphatic carbocycles. The van der Waals surface area contributed by atoms with Crippen LogP contribution in [-0.2, 0) is 6.42 Å². The molecule has 4 nitrogen and oxygen atoms in total. The third kappa shape index (κ3) is 5.36. The smallest absolute Gasteiger partial charge is 0.159 e. The standard InChI is InChI=1S/C58H39N3O/c1-3-15-36(16-4-1)47-35-40-30-29-38(33-48(40)42-20-8-7-19-41(42)47)39-31-32-52-49(34-39)43-21-10-12-26-51(43)61(52)53-27-13-24-46-55-45(23-14-28-54(55)62-57(46)53)56-44-22-9-11-25-50(44)59-58(60-56)37-17-5-2-6-18-37/h1-34,47,56H,35H2,(H,59,60). The van der Waals surface area contributed by atoms with E-state index < -0.39 is 0 Å². The number of hydrogen-bond donors (Lipinski definition) is 1. The lowest BCUT2D eigenvalue weighted by atomic mass is 9.75. The molecule has 0 saturated heterocycles. The first-order valence-electron chi connectivity index (χ1n) is 21.5. The highest BCUT2D eigenvalue weighted by atomic mass is 16.3. The molecular formula is C58H39N3O. The van der Waals surface area contributed by atoms with Crippen LogP contribution in [0.4, 0.5) is 5.69 Å². The molecule has 0 spiro atoms. The summed E-state index contributed by atoms with van der Waals surface area (Å²) in [6, 6.07) is 74.5. The number of fused-ring (bicyclic) bond motifs is 10. The van der Waals surface area contributed by atoms with Crippen LogP contribution in [0.3, 0.4) is 0 Å². The van der Waals surface area contributed by atoms with E-state index in [0.29, 0.717) is 5.92 Å². The molecule has 11 aromatic rings. The number of furan rings is 1. The molecule has 62 heavy (non-hydrogen) atoms. The van der Waals surface area contributed by atoms with Gasteiger partial charge in [-0.3, -0.25) is 0 Å². The van der Waals surface area contributed by atoms with Crippen molar-refractivity contribution in [2.24, 2.45) is 4.99 Å². The number of rotatable bonds is 5. The second-order valence-electron chi connectivity index (χ2n) is 16.6. The molecule has 292 valence electrons. The maximum absolute atomic E-state index is 6.97. The summed E-state index contributed by atoms with van der Waals surface area (Å²) in [5.41, 5.74) is 18.6. The van der Waals surface area contributed by atoms with Crippen LogP contribution in [0.25, 0.3) is 71.7 Å². The van der Waals surface area contributed by atoms with Gasteiger partial charge in [0.15, 0.2) is 5.58 Å². The summed E-state index contributed by atoms with van der Waals surface area (Å²) in [6.07, 6.45) is 0.992. The lowest BCUT2D eigenvalue weighted by molar-refractivity contribution is 0.665. The van der Waals surface area contributed by atoms with Gasteiger partial charge in [0, 0.05) is 38.6 Å². The summed E-state index contributed by atoms with van der Waals surface area (Å²) in [7, 11) is 0. The molecular weight excluding hydrogens is 755 g/mol.